The van der Waals surface area contributed by atoms with Crippen LogP contribution in [0, 0.1) is 5.82 Å². The third-order valence-electron chi connectivity index (χ3n) is 3.43. The topological polar surface area (TPSA) is 84.7 Å². The van der Waals surface area contributed by atoms with Crippen LogP contribution in [-0.2, 0) is 6.42 Å². The van der Waals surface area contributed by atoms with Crippen LogP contribution in [0.4, 0.5) is 4.39 Å². The maximum absolute atomic E-state index is 13.0. The zero-order valence-electron chi connectivity index (χ0n) is 12.2. The summed E-state index contributed by atoms with van der Waals surface area (Å²) in [7, 11) is 0. The third kappa shape index (κ3) is 3.67. The van der Waals surface area contributed by atoms with Gasteiger partial charge < -0.3 is 10.7 Å². The van der Waals surface area contributed by atoms with Gasteiger partial charge in [0.2, 0.25) is 0 Å². The van der Waals surface area contributed by atoms with Crippen LogP contribution in [0.15, 0.2) is 59.5 Å². The first kappa shape index (κ1) is 15.1. The van der Waals surface area contributed by atoms with Gasteiger partial charge in [-0.05, 0) is 29.8 Å². The highest BCUT2D eigenvalue weighted by atomic mass is 19.1. The van der Waals surface area contributed by atoms with Crippen LogP contribution < -0.4 is 11.3 Å². The molecule has 23 heavy (non-hydrogen) atoms. The molecule has 0 bridgehead atoms. The molecule has 1 atom stereocenters. The summed E-state index contributed by atoms with van der Waals surface area (Å²) in [5.74, 6) is 0.0899. The van der Waals surface area contributed by atoms with Crippen molar-refractivity contribution in [3.8, 4) is 11.5 Å². The minimum Gasteiger partial charge on any atom is -0.324 e. The fraction of sp³-hybridized carbons (Fsp3) is 0.118. The Morgan fingerprint density at radius 3 is 2.65 bits per heavy atom. The van der Waals surface area contributed by atoms with Gasteiger partial charge >= 0.3 is 0 Å². The molecule has 3 N–H and O–H groups in total. The molecule has 3 rings (SSSR count). The van der Waals surface area contributed by atoms with E-state index >= 15 is 0 Å². The van der Waals surface area contributed by atoms with Gasteiger partial charge in [0, 0.05) is 24.7 Å². The first-order chi connectivity index (χ1) is 11.1. The summed E-state index contributed by atoms with van der Waals surface area (Å²) >= 11 is 0. The third-order valence-corrected chi connectivity index (χ3v) is 3.43. The van der Waals surface area contributed by atoms with Crippen LogP contribution in [0.1, 0.15) is 17.3 Å². The van der Waals surface area contributed by atoms with Gasteiger partial charge in [-0.1, -0.05) is 18.2 Å². The summed E-state index contributed by atoms with van der Waals surface area (Å²) in [4.78, 5) is 23.1. The molecule has 0 aliphatic heterocycles. The molecule has 0 amide bonds. The van der Waals surface area contributed by atoms with E-state index in [2.05, 4.69) is 15.0 Å². The highest BCUT2D eigenvalue weighted by Gasteiger charge is 2.11. The minimum atomic E-state index is -0.374. The number of nitrogens with zero attached hydrogens (tertiary/aromatic N) is 2. The van der Waals surface area contributed by atoms with E-state index in [9.17, 15) is 9.18 Å². The van der Waals surface area contributed by atoms with Crippen molar-refractivity contribution < 1.29 is 4.39 Å². The number of nitrogens with two attached hydrogens (primary N) is 1. The molecule has 2 heterocycles. The summed E-state index contributed by atoms with van der Waals surface area (Å²) in [5, 5.41) is 0. The lowest BCUT2D eigenvalue weighted by Crippen LogP contribution is -2.17. The van der Waals surface area contributed by atoms with E-state index in [1.54, 1.807) is 30.5 Å². The average molecular weight is 310 g/mol. The molecule has 0 saturated heterocycles. The second-order valence-electron chi connectivity index (χ2n) is 5.16. The Hall–Kier alpha value is -2.86. The number of rotatable bonds is 4. The molecule has 1 unspecified atom stereocenters. The van der Waals surface area contributed by atoms with Crippen molar-refractivity contribution in [3.05, 3.63) is 82.2 Å². The summed E-state index contributed by atoms with van der Waals surface area (Å²) in [5.41, 5.74) is 7.79. The molecule has 6 heteroatoms. The number of halogens is 1. The molecule has 0 spiro atoms. The van der Waals surface area contributed by atoms with E-state index in [0.717, 1.165) is 5.56 Å². The van der Waals surface area contributed by atoms with E-state index in [4.69, 9.17) is 5.73 Å². The molecule has 116 valence electrons. The predicted molar refractivity (Wildman–Crippen MR) is 85.1 cm³/mol. The van der Waals surface area contributed by atoms with Crippen LogP contribution in [0.2, 0.25) is 0 Å². The SMILES string of the molecule is NC(Cc1cc(=O)[nH]c(-c2ccccn2)n1)c1ccc(F)cc1. The lowest BCUT2D eigenvalue weighted by molar-refractivity contribution is 0.624. The molecule has 0 aliphatic rings. The number of nitrogens with one attached hydrogen (secondary N) is 1. The maximum Gasteiger partial charge on any atom is 0.251 e. The van der Waals surface area contributed by atoms with Gasteiger partial charge in [-0.3, -0.25) is 9.78 Å². The monoisotopic (exact) mass is 310 g/mol. The molecule has 0 aliphatic carbocycles. The lowest BCUT2D eigenvalue weighted by atomic mass is 10.0. The van der Waals surface area contributed by atoms with Crippen molar-refractivity contribution in [2.24, 2.45) is 5.73 Å². The molecule has 0 radical (unpaired) electrons. The number of H-pyrrole nitrogens is 1. The number of hydrogen-bond donors (Lipinski definition) is 2. The summed E-state index contributed by atoms with van der Waals surface area (Å²) in [6.07, 6.45) is 2.00. The quantitative estimate of drug-likeness (QED) is 0.774. The van der Waals surface area contributed by atoms with E-state index in [1.807, 2.05) is 6.07 Å². The average Bonchev–Trinajstić information content (AvgIpc) is 2.55. The number of aromatic nitrogens is 3. The number of aromatic amines is 1. The van der Waals surface area contributed by atoms with Crippen molar-refractivity contribution >= 4 is 0 Å². The number of pyridine rings is 1. The fourth-order valence-corrected chi connectivity index (χ4v) is 2.29. The van der Waals surface area contributed by atoms with Crippen LogP contribution >= 0.6 is 0 Å². The van der Waals surface area contributed by atoms with Crippen molar-refractivity contribution in [3.63, 3.8) is 0 Å². The van der Waals surface area contributed by atoms with Gasteiger partial charge in [-0.25, -0.2) is 9.37 Å². The smallest absolute Gasteiger partial charge is 0.251 e. The minimum absolute atomic E-state index is 0.262. The molecule has 0 saturated carbocycles. The van der Waals surface area contributed by atoms with Gasteiger partial charge in [0.05, 0.1) is 5.69 Å². The first-order valence-corrected chi connectivity index (χ1v) is 7.14. The second kappa shape index (κ2) is 6.50. The highest BCUT2D eigenvalue weighted by Crippen LogP contribution is 2.16. The predicted octanol–water partition coefficient (Wildman–Crippen LogP) is 2.21. The van der Waals surface area contributed by atoms with Crippen LogP contribution in [0.5, 0.6) is 0 Å². The van der Waals surface area contributed by atoms with Crippen LogP contribution in [0.25, 0.3) is 11.5 Å². The highest BCUT2D eigenvalue weighted by molar-refractivity contribution is 5.48. The zero-order chi connectivity index (χ0) is 16.2. The molecule has 3 aromatic rings. The van der Waals surface area contributed by atoms with Crippen LogP contribution in [0.3, 0.4) is 0 Å². The Balaban J connectivity index is 1.87. The van der Waals surface area contributed by atoms with E-state index in [0.29, 0.717) is 23.6 Å². The van der Waals surface area contributed by atoms with Crippen molar-refractivity contribution in [1.29, 1.82) is 0 Å². The standard InChI is InChI=1S/C17H15FN4O/c18-12-6-4-11(5-7-12)14(19)9-13-10-16(23)22-17(21-13)15-3-1-2-8-20-15/h1-8,10,14H,9,19H2,(H,21,22,23). The van der Waals surface area contributed by atoms with Crippen molar-refractivity contribution in [1.82, 2.24) is 15.0 Å². The molecule has 1 aromatic carbocycles. The first-order valence-electron chi connectivity index (χ1n) is 7.14. The largest absolute Gasteiger partial charge is 0.324 e. The molecule has 0 fully saturated rings. The fourth-order valence-electron chi connectivity index (χ4n) is 2.29. The Morgan fingerprint density at radius 1 is 1.17 bits per heavy atom. The van der Waals surface area contributed by atoms with Gasteiger partial charge in [0.25, 0.3) is 5.56 Å². The molecule has 2 aromatic heterocycles. The molecular weight excluding hydrogens is 295 g/mol. The summed E-state index contributed by atoms with van der Waals surface area (Å²) in [6.45, 7) is 0. The van der Waals surface area contributed by atoms with Crippen molar-refractivity contribution in [2.45, 2.75) is 12.5 Å². The van der Waals surface area contributed by atoms with Gasteiger partial charge in [-0.15, -0.1) is 0 Å². The van der Waals surface area contributed by atoms with Gasteiger partial charge in [0.15, 0.2) is 5.82 Å². The van der Waals surface area contributed by atoms with Gasteiger partial charge in [0.1, 0.15) is 11.5 Å². The maximum atomic E-state index is 13.0. The van der Waals surface area contributed by atoms with E-state index < -0.39 is 0 Å². The van der Waals surface area contributed by atoms with E-state index in [1.165, 1.54) is 18.2 Å². The van der Waals surface area contributed by atoms with Crippen molar-refractivity contribution in [2.75, 3.05) is 0 Å². The van der Waals surface area contributed by atoms with Gasteiger partial charge in [-0.2, -0.15) is 0 Å². The van der Waals surface area contributed by atoms with E-state index in [-0.39, 0.29) is 17.4 Å². The second-order valence-corrected chi connectivity index (χ2v) is 5.16. The normalized spacial score (nSPS) is 12.1. The Labute approximate surface area is 132 Å². The zero-order valence-corrected chi connectivity index (χ0v) is 12.2. The molecular formula is C17H15FN4O. The lowest BCUT2D eigenvalue weighted by Gasteiger charge is -2.12. The molecule has 5 nitrogen and oxygen atoms in total. The Morgan fingerprint density at radius 2 is 1.96 bits per heavy atom. The van der Waals surface area contributed by atoms with Crippen LogP contribution in [-0.4, -0.2) is 15.0 Å². The Bertz CT molecular complexity index is 846. The number of benzene rings is 1. The number of hydrogen-bond acceptors (Lipinski definition) is 4. The summed E-state index contributed by atoms with van der Waals surface area (Å²) < 4.78 is 13.0. The Kier molecular flexibility index (Phi) is 4.25. The summed E-state index contributed by atoms with van der Waals surface area (Å²) in [6, 6.07) is 12.4.